The summed E-state index contributed by atoms with van der Waals surface area (Å²) in [6.07, 6.45) is 5.32. The molecule has 0 aliphatic heterocycles. The van der Waals surface area contributed by atoms with Crippen LogP contribution >= 0.6 is 0 Å². The Balaban J connectivity index is 1.74. The second kappa shape index (κ2) is 7.73. The number of nitrogens with one attached hydrogen (secondary N) is 1. The third-order valence-electron chi connectivity index (χ3n) is 6.64. The van der Waals surface area contributed by atoms with Crippen molar-refractivity contribution in [3.8, 4) is 11.3 Å². The second-order valence-corrected chi connectivity index (χ2v) is 8.51. The number of anilines is 1. The van der Waals surface area contributed by atoms with Crippen LogP contribution in [-0.2, 0) is 18.4 Å². The Labute approximate surface area is 176 Å². The molecule has 2 aliphatic rings. The summed E-state index contributed by atoms with van der Waals surface area (Å²) < 4.78 is 1.76. The zero-order chi connectivity index (χ0) is 20.6. The number of nitrogens with zero attached hydrogens (tertiary/aromatic N) is 2. The molecule has 1 spiro atoms. The van der Waals surface area contributed by atoms with Crippen LogP contribution in [0, 0.1) is 0 Å². The Hall–Kier alpha value is -2.92. The molecule has 0 saturated heterocycles. The van der Waals surface area contributed by atoms with Crippen molar-refractivity contribution >= 4 is 5.95 Å². The molecule has 1 aromatic heterocycles. The Kier molecular flexibility index (Phi) is 4.91. The number of fused-ring (bicyclic) bond motifs is 4. The molecule has 2 aliphatic carbocycles. The van der Waals surface area contributed by atoms with E-state index >= 15 is 0 Å². The molecule has 1 fully saturated rings. The van der Waals surface area contributed by atoms with Gasteiger partial charge in [-0.05, 0) is 30.4 Å². The molecule has 3 aromatic rings. The van der Waals surface area contributed by atoms with E-state index in [-0.39, 0.29) is 17.6 Å². The molecular formula is C25H27N3O2. The molecule has 0 radical (unpaired) electrons. The average molecular weight is 402 g/mol. The lowest BCUT2D eigenvalue weighted by atomic mass is 9.68. The van der Waals surface area contributed by atoms with Crippen molar-refractivity contribution in [1.29, 1.82) is 0 Å². The van der Waals surface area contributed by atoms with Gasteiger partial charge in [0.15, 0.2) is 0 Å². The minimum atomic E-state index is -0.109. The van der Waals surface area contributed by atoms with Gasteiger partial charge in [0.25, 0.3) is 5.56 Å². The van der Waals surface area contributed by atoms with Crippen molar-refractivity contribution < 1.29 is 5.11 Å². The first-order valence-electron chi connectivity index (χ1n) is 10.8. The molecule has 0 unspecified atom stereocenters. The van der Waals surface area contributed by atoms with Crippen molar-refractivity contribution in [2.75, 3.05) is 18.5 Å². The molecule has 2 aromatic carbocycles. The molecule has 5 heteroatoms. The van der Waals surface area contributed by atoms with Gasteiger partial charge in [0.05, 0.1) is 24.4 Å². The molecule has 0 bridgehead atoms. The van der Waals surface area contributed by atoms with Crippen LogP contribution < -0.4 is 10.9 Å². The van der Waals surface area contributed by atoms with Crippen LogP contribution in [0.1, 0.15) is 42.4 Å². The summed E-state index contributed by atoms with van der Waals surface area (Å²) in [6, 6.07) is 18.4. The highest BCUT2D eigenvalue weighted by molar-refractivity contribution is 5.72. The fourth-order valence-electron chi connectivity index (χ4n) is 5.28. The highest BCUT2D eigenvalue weighted by Gasteiger charge is 2.44. The lowest BCUT2D eigenvalue weighted by Gasteiger charge is -2.36. The van der Waals surface area contributed by atoms with Gasteiger partial charge in [-0.3, -0.25) is 9.36 Å². The van der Waals surface area contributed by atoms with Crippen molar-refractivity contribution in [3.05, 3.63) is 81.6 Å². The highest BCUT2D eigenvalue weighted by Crippen LogP contribution is 2.49. The molecule has 1 heterocycles. The Morgan fingerprint density at radius 1 is 1.03 bits per heavy atom. The summed E-state index contributed by atoms with van der Waals surface area (Å²) in [4.78, 5) is 19.0. The molecule has 0 amide bonds. The van der Waals surface area contributed by atoms with Crippen LogP contribution in [0.25, 0.3) is 11.3 Å². The van der Waals surface area contributed by atoms with Crippen LogP contribution in [0.4, 0.5) is 5.95 Å². The third-order valence-corrected chi connectivity index (χ3v) is 6.64. The smallest absolute Gasteiger partial charge is 0.259 e. The number of rotatable bonds is 5. The predicted molar refractivity (Wildman–Crippen MR) is 119 cm³/mol. The molecule has 154 valence electrons. The number of aliphatic hydroxyl groups is 1. The van der Waals surface area contributed by atoms with Gasteiger partial charge in [-0.1, -0.05) is 67.4 Å². The van der Waals surface area contributed by atoms with Gasteiger partial charge < -0.3 is 10.4 Å². The summed E-state index contributed by atoms with van der Waals surface area (Å²) in [7, 11) is 0. The Bertz CT molecular complexity index is 1110. The van der Waals surface area contributed by atoms with Crippen LogP contribution in [0.15, 0.2) is 59.4 Å². The zero-order valence-corrected chi connectivity index (χ0v) is 17.1. The van der Waals surface area contributed by atoms with Gasteiger partial charge in [-0.15, -0.1) is 0 Å². The normalized spacial score (nSPS) is 16.3. The maximum atomic E-state index is 14.0. The van der Waals surface area contributed by atoms with Crippen molar-refractivity contribution in [1.82, 2.24) is 9.55 Å². The summed E-state index contributed by atoms with van der Waals surface area (Å²) in [6.45, 7) is 0.803. The highest BCUT2D eigenvalue weighted by atomic mass is 16.3. The van der Waals surface area contributed by atoms with E-state index in [1.54, 1.807) is 4.57 Å². The van der Waals surface area contributed by atoms with Crippen LogP contribution in [0.5, 0.6) is 0 Å². The van der Waals surface area contributed by atoms with E-state index in [9.17, 15) is 9.90 Å². The first-order valence-corrected chi connectivity index (χ1v) is 10.8. The summed E-state index contributed by atoms with van der Waals surface area (Å²) in [5.74, 6) is 0.529. The molecular weight excluding hydrogens is 374 g/mol. The van der Waals surface area contributed by atoms with Crippen LogP contribution in [-0.4, -0.2) is 27.8 Å². The maximum Gasteiger partial charge on any atom is 0.259 e. The fraction of sp³-hybridized carbons (Fsp3) is 0.360. The van der Waals surface area contributed by atoms with Gasteiger partial charge in [0, 0.05) is 17.5 Å². The summed E-state index contributed by atoms with van der Waals surface area (Å²) in [5.41, 5.74) is 5.08. The fourth-order valence-corrected chi connectivity index (χ4v) is 5.28. The average Bonchev–Trinajstić information content (AvgIpc) is 3.23. The number of aromatic nitrogens is 2. The number of hydrogen-bond donors (Lipinski definition) is 2. The van der Waals surface area contributed by atoms with Gasteiger partial charge in [-0.25, -0.2) is 4.98 Å². The lowest BCUT2D eigenvalue weighted by Crippen LogP contribution is -2.40. The Morgan fingerprint density at radius 2 is 1.77 bits per heavy atom. The quantitative estimate of drug-likeness (QED) is 0.684. The second-order valence-electron chi connectivity index (χ2n) is 8.51. The van der Waals surface area contributed by atoms with E-state index in [1.165, 1.54) is 5.56 Å². The minimum absolute atomic E-state index is 0.0151. The molecule has 0 atom stereocenters. The molecule has 5 rings (SSSR count). The molecule has 1 saturated carbocycles. The van der Waals surface area contributed by atoms with Gasteiger partial charge in [0.1, 0.15) is 0 Å². The van der Waals surface area contributed by atoms with Crippen LogP contribution in [0.3, 0.4) is 0 Å². The Morgan fingerprint density at radius 3 is 2.53 bits per heavy atom. The minimum Gasteiger partial charge on any atom is -0.395 e. The summed E-state index contributed by atoms with van der Waals surface area (Å²) >= 11 is 0. The third kappa shape index (κ3) is 3.14. The number of benzene rings is 2. The SMILES string of the molecule is O=c1c2c(nc(NCCO)n1Cc1ccccc1)-c1ccccc1CC21CCCC1. The van der Waals surface area contributed by atoms with E-state index in [0.717, 1.165) is 54.5 Å². The van der Waals surface area contributed by atoms with Crippen molar-refractivity contribution in [2.24, 2.45) is 0 Å². The monoisotopic (exact) mass is 401 g/mol. The zero-order valence-electron chi connectivity index (χ0n) is 17.1. The molecule has 30 heavy (non-hydrogen) atoms. The number of hydrogen-bond acceptors (Lipinski definition) is 4. The standard InChI is InChI=1S/C25H27N3O2/c29-15-14-26-24-27-22-20-11-5-4-10-19(20)16-25(12-6-7-13-25)21(22)23(30)28(24)17-18-8-2-1-3-9-18/h1-5,8-11,29H,6-7,12-17H2,(H,26,27). The number of aliphatic hydroxyl groups excluding tert-OH is 1. The van der Waals surface area contributed by atoms with E-state index < -0.39 is 0 Å². The first kappa shape index (κ1) is 19.1. The molecule has 2 N–H and O–H groups in total. The topological polar surface area (TPSA) is 67.2 Å². The van der Waals surface area contributed by atoms with E-state index in [1.807, 2.05) is 36.4 Å². The van der Waals surface area contributed by atoms with Gasteiger partial charge in [0.2, 0.25) is 5.95 Å². The lowest BCUT2D eigenvalue weighted by molar-refractivity contribution is 0.310. The predicted octanol–water partition coefficient (Wildman–Crippen LogP) is 3.73. The van der Waals surface area contributed by atoms with Gasteiger partial charge in [-0.2, -0.15) is 0 Å². The van der Waals surface area contributed by atoms with Gasteiger partial charge >= 0.3 is 0 Å². The summed E-state index contributed by atoms with van der Waals surface area (Å²) in [5, 5.41) is 12.5. The maximum absolute atomic E-state index is 14.0. The van der Waals surface area contributed by atoms with Crippen molar-refractivity contribution in [3.63, 3.8) is 0 Å². The first-order chi connectivity index (χ1) is 14.7. The molecule has 5 nitrogen and oxygen atoms in total. The van der Waals surface area contributed by atoms with Crippen LogP contribution in [0.2, 0.25) is 0 Å². The van der Waals surface area contributed by atoms with E-state index in [0.29, 0.717) is 19.0 Å². The van der Waals surface area contributed by atoms with E-state index in [2.05, 4.69) is 23.5 Å². The van der Waals surface area contributed by atoms with Crippen molar-refractivity contribution in [2.45, 2.75) is 44.1 Å². The van der Waals surface area contributed by atoms with E-state index in [4.69, 9.17) is 4.98 Å². The largest absolute Gasteiger partial charge is 0.395 e.